The number of hydrogen-bond donors (Lipinski definition) is 0. The fourth-order valence-electron chi connectivity index (χ4n) is 1.65. The number of ketones is 1. The number of benzene rings is 1. The van der Waals surface area contributed by atoms with Gasteiger partial charge in [-0.25, -0.2) is 0 Å². The van der Waals surface area contributed by atoms with Gasteiger partial charge in [0.1, 0.15) is 0 Å². The van der Waals surface area contributed by atoms with E-state index in [0.29, 0.717) is 12.3 Å². The summed E-state index contributed by atoms with van der Waals surface area (Å²) in [7, 11) is 0. The quantitative estimate of drug-likeness (QED) is 0.733. The van der Waals surface area contributed by atoms with Crippen molar-refractivity contribution >= 4 is 21.7 Å². The molecular weight excluding hydrogens is 264 g/mol. The lowest BCUT2D eigenvalue weighted by molar-refractivity contribution is 0.0963. The molecule has 0 bridgehead atoms. The zero-order valence-electron chi connectivity index (χ0n) is 10.4. The molecule has 0 aliphatic heterocycles. The van der Waals surface area contributed by atoms with E-state index in [9.17, 15) is 4.79 Å². The lowest BCUT2D eigenvalue weighted by Crippen LogP contribution is -2.07. The molecule has 0 fully saturated rings. The van der Waals surface area contributed by atoms with E-state index in [1.165, 1.54) is 0 Å². The Hall–Kier alpha value is -0.630. The average molecular weight is 283 g/mol. The molecule has 0 aliphatic carbocycles. The van der Waals surface area contributed by atoms with E-state index in [1.807, 2.05) is 26.0 Å². The predicted molar refractivity (Wildman–Crippen MR) is 72.0 cm³/mol. The molecule has 0 heterocycles. The Morgan fingerprint density at radius 2 is 1.94 bits per heavy atom. The summed E-state index contributed by atoms with van der Waals surface area (Å²) in [5.74, 6) is 0.735. The maximum atomic E-state index is 12.1. The van der Waals surface area contributed by atoms with Gasteiger partial charge in [0.2, 0.25) is 0 Å². The van der Waals surface area contributed by atoms with Crippen LogP contribution < -0.4 is 0 Å². The molecule has 1 rings (SSSR count). The highest BCUT2D eigenvalue weighted by Crippen LogP contribution is 2.23. The van der Waals surface area contributed by atoms with Crippen molar-refractivity contribution in [1.29, 1.82) is 0 Å². The largest absolute Gasteiger partial charge is 0.294 e. The Balaban J connectivity index is 2.96. The summed E-state index contributed by atoms with van der Waals surface area (Å²) in [6.45, 7) is 8.26. The molecule has 0 aromatic heterocycles. The standard InChI is InChI=1S/C14H19BrO/c1-5-9(2)6-14(16)12-7-11(4)13(15)8-10(12)3/h7-9H,5-6H2,1-4H3. The van der Waals surface area contributed by atoms with Crippen molar-refractivity contribution in [3.05, 3.63) is 33.3 Å². The first-order valence-corrected chi connectivity index (χ1v) is 6.55. The van der Waals surface area contributed by atoms with Gasteiger partial charge in [0.05, 0.1) is 0 Å². The average Bonchev–Trinajstić information content (AvgIpc) is 2.23. The lowest BCUT2D eigenvalue weighted by Gasteiger charge is -2.11. The second-order valence-corrected chi connectivity index (χ2v) is 5.41. The van der Waals surface area contributed by atoms with Gasteiger partial charge in [-0.05, 0) is 43.0 Å². The molecule has 1 unspecified atom stereocenters. The summed E-state index contributed by atoms with van der Waals surface area (Å²) in [6, 6.07) is 4.02. The fraction of sp³-hybridized carbons (Fsp3) is 0.500. The van der Waals surface area contributed by atoms with Gasteiger partial charge >= 0.3 is 0 Å². The molecule has 16 heavy (non-hydrogen) atoms. The first-order valence-electron chi connectivity index (χ1n) is 5.75. The number of Topliss-reactive ketones (excluding diaryl/α,β-unsaturated/α-hetero) is 1. The number of rotatable bonds is 4. The molecular formula is C14H19BrO. The topological polar surface area (TPSA) is 17.1 Å². The van der Waals surface area contributed by atoms with Crippen LogP contribution in [0.4, 0.5) is 0 Å². The highest BCUT2D eigenvalue weighted by molar-refractivity contribution is 9.10. The first kappa shape index (κ1) is 13.4. The Labute approximate surface area is 106 Å². The Bertz CT molecular complexity index is 396. The fourth-order valence-corrected chi connectivity index (χ4v) is 2.11. The molecule has 0 N–H and O–H groups in total. The number of carbonyl (C=O) groups excluding carboxylic acids is 1. The molecule has 88 valence electrons. The summed E-state index contributed by atoms with van der Waals surface area (Å²) in [5, 5.41) is 0. The minimum Gasteiger partial charge on any atom is -0.294 e. The maximum absolute atomic E-state index is 12.1. The third-order valence-electron chi connectivity index (χ3n) is 3.04. The summed E-state index contributed by atoms with van der Waals surface area (Å²) >= 11 is 3.48. The summed E-state index contributed by atoms with van der Waals surface area (Å²) in [4.78, 5) is 12.1. The van der Waals surface area contributed by atoms with Crippen LogP contribution in [0.3, 0.4) is 0 Å². The molecule has 0 saturated heterocycles. The third-order valence-corrected chi connectivity index (χ3v) is 3.89. The highest BCUT2D eigenvalue weighted by atomic mass is 79.9. The van der Waals surface area contributed by atoms with Crippen LogP contribution in [0.25, 0.3) is 0 Å². The smallest absolute Gasteiger partial charge is 0.163 e. The lowest BCUT2D eigenvalue weighted by atomic mass is 9.94. The van der Waals surface area contributed by atoms with E-state index in [-0.39, 0.29) is 5.78 Å². The minimum atomic E-state index is 0.266. The Kier molecular flexibility index (Phi) is 4.72. The van der Waals surface area contributed by atoms with Gasteiger partial charge < -0.3 is 0 Å². The summed E-state index contributed by atoms with van der Waals surface area (Å²) < 4.78 is 1.07. The van der Waals surface area contributed by atoms with Gasteiger partial charge in [-0.3, -0.25) is 4.79 Å². The van der Waals surface area contributed by atoms with Crippen LogP contribution >= 0.6 is 15.9 Å². The molecule has 0 spiro atoms. The molecule has 1 aromatic carbocycles. The van der Waals surface area contributed by atoms with Crippen LogP contribution in [0.2, 0.25) is 0 Å². The van der Waals surface area contributed by atoms with Gasteiger partial charge in [0, 0.05) is 16.5 Å². The van der Waals surface area contributed by atoms with E-state index < -0.39 is 0 Å². The second kappa shape index (κ2) is 5.62. The predicted octanol–water partition coefficient (Wildman–Crippen LogP) is 4.68. The van der Waals surface area contributed by atoms with Crippen molar-refractivity contribution in [3.63, 3.8) is 0 Å². The molecule has 2 heteroatoms. The van der Waals surface area contributed by atoms with Crippen molar-refractivity contribution in [2.24, 2.45) is 5.92 Å². The Morgan fingerprint density at radius 3 is 2.50 bits per heavy atom. The number of aryl methyl sites for hydroxylation is 2. The number of hydrogen-bond acceptors (Lipinski definition) is 1. The molecule has 0 radical (unpaired) electrons. The SMILES string of the molecule is CCC(C)CC(=O)c1cc(C)c(Br)cc1C. The van der Waals surface area contributed by atoms with E-state index in [2.05, 4.69) is 29.8 Å². The van der Waals surface area contributed by atoms with Gasteiger partial charge in [-0.1, -0.05) is 36.2 Å². The van der Waals surface area contributed by atoms with Crippen molar-refractivity contribution in [1.82, 2.24) is 0 Å². The first-order chi connectivity index (χ1) is 7.45. The normalized spacial score (nSPS) is 12.6. The summed E-state index contributed by atoms with van der Waals surface area (Å²) in [5.41, 5.74) is 3.06. The van der Waals surface area contributed by atoms with Crippen molar-refractivity contribution in [2.75, 3.05) is 0 Å². The van der Waals surface area contributed by atoms with Crippen LogP contribution in [0, 0.1) is 19.8 Å². The van der Waals surface area contributed by atoms with Crippen LogP contribution in [-0.2, 0) is 0 Å². The van der Waals surface area contributed by atoms with Crippen LogP contribution in [0.5, 0.6) is 0 Å². The Morgan fingerprint density at radius 1 is 1.31 bits per heavy atom. The second-order valence-electron chi connectivity index (χ2n) is 4.56. The van der Waals surface area contributed by atoms with E-state index in [4.69, 9.17) is 0 Å². The molecule has 0 saturated carbocycles. The molecule has 1 nitrogen and oxygen atoms in total. The van der Waals surface area contributed by atoms with E-state index in [1.54, 1.807) is 0 Å². The zero-order chi connectivity index (χ0) is 12.3. The summed E-state index contributed by atoms with van der Waals surface area (Å²) in [6.07, 6.45) is 1.71. The maximum Gasteiger partial charge on any atom is 0.163 e. The van der Waals surface area contributed by atoms with Crippen LogP contribution in [0.15, 0.2) is 16.6 Å². The van der Waals surface area contributed by atoms with Gasteiger partial charge in [0.15, 0.2) is 5.78 Å². The number of halogens is 1. The van der Waals surface area contributed by atoms with Crippen molar-refractivity contribution < 1.29 is 4.79 Å². The minimum absolute atomic E-state index is 0.266. The van der Waals surface area contributed by atoms with Crippen molar-refractivity contribution in [3.8, 4) is 0 Å². The molecule has 0 amide bonds. The van der Waals surface area contributed by atoms with Gasteiger partial charge in [-0.15, -0.1) is 0 Å². The molecule has 0 aliphatic rings. The van der Waals surface area contributed by atoms with Crippen LogP contribution in [-0.4, -0.2) is 5.78 Å². The zero-order valence-corrected chi connectivity index (χ0v) is 12.0. The number of carbonyl (C=O) groups is 1. The van der Waals surface area contributed by atoms with Gasteiger partial charge in [0.25, 0.3) is 0 Å². The van der Waals surface area contributed by atoms with Crippen LogP contribution in [0.1, 0.15) is 48.2 Å². The van der Waals surface area contributed by atoms with E-state index >= 15 is 0 Å². The third kappa shape index (κ3) is 3.18. The monoisotopic (exact) mass is 282 g/mol. The highest BCUT2D eigenvalue weighted by Gasteiger charge is 2.13. The molecule has 1 aromatic rings. The van der Waals surface area contributed by atoms with E-state index in [0.717, 1.165) is 27.6 Å². The van der Waals surface area contributed by atoms with Crippen molar-refractivity contribution in [2.45, 2.75) is 40.5 Å². The molecule has 1 atom stereocenters. The van der Waals surface area contributed by atoms with Gasteiger partial charge in [-0.2, -0.15) is 0 Å².